The van der Waals surface area contributed by atoms with Crippen LogP contribution in [0.3, 0.4) is 0 Å². The lowest BCUT2D eigenvalue weighted by Crippen LogP contribution is -2.25. The molecule has 2 rings (SSSR count). The van der Waals surface area contributed by atoms with Crippen LogP contribution < -0.4 is 10.1 Å². The first kappa shape index (κ1) is 9.58. The third-order valence-corrected chi connectivity index (χ3v) is 2.04. The predicted octanol–water partition coefficient (Wildman–Crippen LogP) is 1.63. The zero-order valence-electron chi connectivity index (χ0n) is 8.32. The average molecular weight is 205 g/mol. The summed E-state index contributed by atoms with van der Waals surface area (Å²) in [5, 5.41) is 2.72. The number of fused-ring (bicyclic) bond motifs is 1. The van der Waals surface area contributed by atoms with Crippen LogP contribution in [0.5, 0.6) is 5.75 Å². The molecule has 1 aliphatic heterocycles. The SMILES string of the molecule is CO/C=C/c1ccc2c(c1)OCC(=O)N2. The van der Waals surface area contributed by atoms with Gasteiger partial charge in [-0.25, -0.2) is 0 Å². The lowest BCUT2D eigenvalue weighted by Gasteiger charge is -2.17. The molecule has 1 amide bonds. The van der Waals surface area contributed by atoms with E-state index in [4.69, 9.17) is 9.47 Å². The molecular weight excluding hydrogens is 194 g/mol. The molecular formula is C11H11NO3. The van der Waals surface area contributed by atoms with Crippen molar-refractivity contribution in [2.45, 2.75) is 0 Å². The van der Waals surface area contributed by atoms with Crippen molar-refractivity contribution in [2.24, 2.45) is 0 Å². The topological polar surface area (TPSA) is 47.6 Å². The van der Waals surface area contributed by atoms with E-state index in [1.54, 1.807) is 13.4 Å². The minimum absolute atomic E-state index is 0.0739. The van der Waals surface area contributed by atoms with E-state index in [-0.39, 0.29) is 12.5 Å². The van der Waals surface area contributed by atoms with Gasteiger partial charge in [-0.1, -0.05) is 6.07 Å². The highest BCUT2D eigenvalue weighted by atomic mass is 16.5. The third-order valence-electron chi connectivity index (χ3n) is 2.04. The molecule has 15 heavy (non-hydrogen) atoms. The summed E-state index contributed by atoms with van der Waals surface area (Å²) in [5.74, 6) is 0.565. The fourth-order valence-corrected chi connectivity index (χ4v) is 1.34. The molecule has 0 fully saturated rings. The van der Waals surface area contributed by atoms with Crippen molar-refractivity contribution in [3.63, 3.8) is 0 Å². The lowest BCUT2D eigenvalue weighted by atomic mass is 10.1. The Bertz CT molecular complexity index is 412. The summed E-state index contributed by atoms with van der Waals surface area (Å²) in [5.41, 5.74) is 1.67. The highest BCUT2D eigenvalue weighted by Gasteiger charge is 2.15. The van der Waals surface area contributed by atoms with E-state index in [1.165, 1.54) is 0 Å². The quantitative estimate of drug-likeness (QED) is 0.746. The predicted molar refractivity (Wildman–Crippen MR) is 56.6 cm³/mol. The molecule has 1 heterocycles. The second-order valence-electron chi connectivity index (χ2n) is 3.13. The molecule has 1 aromatic carbocycles. The van der Waals surface area contributed by atoms with E-state index in [0.717, 1.165) is 5.56 Å². The van der Waals surface area contributed by atoms with Crippen LogP contribution >= 0.6 is 0 Å². The smallest absolute Gasteiger partial charge is 0.262 e. The maximum absolute atomic E-state index is 11.0. The molecule has 78 valence electrons. The second kappa shape index (κ2) is 4.04. The molecule has 0 bridgehead atoms. The summed E-state index contributed by atoms with van der Waals surface area (Å²) in [7, 11) is 1.59. The van der Waals surface area contributed by atoms with E-state index in [9.17, 15) is 4.79 Å². The van der Waals surface area contributed by atoms with Gasteiger partial charge in [0.25, 0.3) is 5.91 Å². The Kier molecular flexibility index (Phi) is 2.58. The summed E-state index contributed by atoms with van der Waals surface area (Å²) in [4.78, 5) is 11.0. The van der Waals surface area contributed by atoms with Gasteiger partial charge in [0.2, 0.25) is 0 Å². The molecule has 0 aromatic heterocycles. The first-order valence-corrected chi connectivity index (χ1v) is 4.55. The maximum Gasteiger partial charge on any atom is 0.262 e. The number of anilines is 1. The molecule has 4 nitrogen and oxygen atoms in total. The van der Waals surface area contributed by atoms with Gasteiger partial charge in [-0.05, 0) is 23.8 Å². The number of amides is 1. The monoisotopic (exact) mass is 205 g/mol. The summed E-state index contributed by atoms with van der Waals surface area (Å²) in [6.45, 7) is 0.0739. The Morgan fingerprint density at radius 2 is 2.40 bits per heavy atom. The Morgan fingerprint density at radius 3 is 3.20 bits per heavy atom. The Balaban J connectivity index is 2.26. The average Bonchev–Trinajstić information content (AvgIpc) is 2.26. The van der Waals surface area contributed by atoms with Crippen LogP contribution in [-0.4, -0.2) is 19.6 Å². The van der Waals surface area contributed by atoms with E-state index < -0.39 is 0 Å². The van der Waals surface area contributed by atoms with E-state index in [2.05, 4.69) is 5.32 Å². The third kappa shape index (κ3) is 2.10. The van der Waals surface area contributed by atoms with E-state index >= 15 is 0 Å². The maximum atomic E-state index is 11.0. The van der Waals surface area contributed by atoms with Gasteiger partial charge in [0, 0.05) is 0 Å². The van der Waals surface area contributed by atoms with Crippen molar-refractivity contribution in [1.29, 1.82) is 0 Å². The normalized spacial score (nSPS) is 14.3. The summed E-state index contributed by atoms with van der Waals surface area (Å²) >= 11 is 0. The van der Waals surface area contributed by atoms with E-state index in [1.807, 2.05) is 24.3 Å². The van der Waals surface area contributed by atoms with Crippen LogP contribution in [0, 0.1) is 0 Å². The zero-order chi connectivity index (χ0) is 10.7. The first-order valence-electron chi connectivity index (χ1n) is 4.55. The van der Waals surface area contributed by atoms with Crippen molar-refractivity contribution >= 4 is 17.7 Å². The van der Waals surface area contributed by atoms with Gasteiger partial charge in [-0.3, -0.25) is 4.79 Å². The first-order chi connectivity index (χ1) is 7.29. The van der Waals surface area contributed by atoms with E-state index in [0.29, 0.717) is 11.4 Å². The van der Waals surface area contributed by atoms with Gasteiger partial charge < -0.3 is 14.8 Å². The highest BCUT2D eigenvalue weighted by Crippen LogP contribution is 2.28. The minimum Gasteiger partial charge on any atom is -0.504 e. The number of benzene rings is 1. The number of ether oxygens (including phenoxy) is 2. The molecule has 4 heteroatoms. The fraction of sp³-hybridized carbons (Fsp3) is 0.182. The van der Waals surface area contributed by atoms with Crippen molar-refractivity contribution < 1.29 is 14.3 Å². The second-order valence-corrected chi connectivity index (χ2v) is 3.13. The van der Waals surface area contributed by atoms with Crippen LogP contribution in [0.15, 0.2) is 24.5 Å². The Hall–Kier alpha value is -1.97. The number of hydrogen-bond donors (Lipinski definition) is 1. The molecule has 1 aromatic rings. The standard InChI is InChI=1S/C11H11NO3/c1-14-5-4-8-2-3-9-10(6-8)15-7-11(13)12-9/h2-6H,7H2,1H3,(H,12,13)/b5-4+. The molecule has 0 atom stereocenters. The lowest BCUT2D eigenvalue weighted by molar-refractivity contribution is -0.118. The van der Waals surface area contributed by atoms with Gasteiger partial charge in [-0.15, -0.1) is 0 Å². The van der Waals surface area contributed by atoms with Crippen LogP contribution in [0.4, 0.5) is 5.69 Å². The van der Waals surface area contributed by atoms with Crippen molar-refractivity contribution in [2.75, 3.05) is 19.0 Å². The van der Waals surface area contributed by atoms with Crippen LogP contribution in [0.25, 0.3) is 6.08 Å². The summed E-state index contributed by atoms with van der Waals surface area (Å²) < 4.78 is 10.1. The molecule has 0 aliphatic carbocycles. The number of methoxy groups -OCH3 is 1. The summed E-state index contributed by atoms with van der Waals surface area (Å²) in [6.07, 6.45) is 3.41. The van der Waals surface area contributed by atoms with Gasteiger partial charge in [0.05, 0.1) is 19.1 Å². The molecule has 0 saturated heterocycles. The van der Waals surface area contributed by atoms with Crippen LogP contribution in [0.1, 0.15) is 5.56 Å². The van der Waals surface area contributed by atoms with Crippen LogP contribution in [-0.2, 0) is 9.53 Å². The van der Waals surface area contributed by atoms with Gasteiger partial charge >= 0.3 is 0 Å². The Labute approximate surface area is 87.5 Å². The Morgan fingerprint density at radius 1 is 1.53 bits per heavy atom. The minimum atomic E-state index is -0.123. The number of carbonyl (C=O) groups is 1. The van der Waals surface area contributed by atoms with Crippen molar-refractivity contribution in [1.82, 2.24) is 0 Å². The van der Waals surface area contributed by atoms with Crippen LogP contribution in [0.2, 0.25) is 0 Å². The van der Waals surface area contributed by atoms with Gasteiger partial charge in [-0.2, -0.15) is 0 Å². The van der Waals surface area contributed by atoms with Gasteiger partial charge in [0.1, 0.15) is 5.75 Å². The number of nitrogens with one attached hydrogen (secondary N) is 1. The molecule has 0 saturated carbocycles. The van der Waals surface area contributed by atoms with Crippen molar-refractivity contribution in [3.05, 3.63) is 30.0 Å². The van der Waals surface area contributed by atoms with Gasteiger partial charge in [0.15, 0.2) is 6.61 Å². The largest absolute Gasteiger partial charge is 0.504 e. The van der Waals surface area contributed by atoms with Crippen molar-refractivity contribution in [3.8, 4) is 5.75 Å². The molecule has 1 aliphatic rings. The number of hydrogen-bond acceptors (Lipinski definition) is 3. The molecule has 0 spiro atoms. The molecule has 0 radical (unpaired) electrons. The fourth-order valence-electron chi connectivity index (χ4n) is 1.34. The molecule has 1 N–H and O–H groups in total. The zero-order valence-corrected chi connectivity index (χ0v) is 8.32. The number of carbonyl (C=O) groups excluding carboxylic acids is 1. The molecule has 0 unspecified atom stereocenters. The number of rotatable bonds is 2. The highest BCUT2D eigenvalue weighted by molar-refractivity contribution is 5.95. The summed E-state index contributed by atoms with van der Waals surface area (Å²) in [6, 6.07) is 5.54.